The molecule has 10 heteroatoms. The maximum absolute atomic E-state index is 12.2. The van der Waals surface area contributed by atoms with E-state index in [-0.39, 0.29) is 14.8 Å². The van der Waals surface area contributed by atoms with Gasteiger partial charge in [-0.1, -0.05) is 0 Å². The Hall–Kier alpha value is -0.420. The number of nitrogens with one attached hydrogen (secondary N) is 1. The van der Waals surface area contributed by atoms with Gasteiger partial charge in [-0.3, -0.25) is 4.72 Å². The summed E-state index contributed by atoms with van der Waals surface area (Å²) in [5.74, 6) is -1.07. The minimum absolute atomic E-state index is 0.109. The summed E-state index contributed by atoms with van der Waals surface area (Å²) in [7, 11) is -3.75. The van der Waals surface area contributed by atoms with Crippen LogP contribution in [0.4, 0.5) is 5.00 Å². The molecule has 0 amide bonds. The Morgan fingerprint density at radius 1 is 1.30 bits per heavy atom. The molecule has 0 saturated heterocycles. The summed E-state index contributed by atoms with van der Waals surface area (Å²) in [6.07, 6.45) is 0. The highest BCUT2D eigenvalue weighted by Gasteiger charge is 2.22. The van der Waals surface area contributed by atoms with Gasteiger partial charge in [-0.15, -0.1) is 22.7 Å². The Balaban J connectivity index is 2.36. The van der Waals surface area contributed by atoms with Crippen LogP contribution in [-0.2, 0) is 10.0 Å². The van der Waals surface area contributed by atoms with Crippen LogP contribution >= 0.6 is 54.5 Å². The van der Waals surface area contributed by atoms with Gasteiger partial charge in [0.05, 0.1) is 7.57 Å². The molecular formula is C10H7Br2NO4S3. The molecule has 5 nitrogen and oxygen atoms in total. The molecule has 0 fully saturated rings. The van der Waals surface area contributed by atoms with E-state index >= 15 is 0 Å². The Morgan fingerprint density at radius 3 is 2.40 bits per heavy atom. The van der Waals surface area contributed by atoms with Crippen molar-refractivity contribution in [3.63, 3.8) is 0 Å². The molecule has 108 valence electrons. The third kappa shape index (κ3) is 3.25. The van der Waals surface area contributed by atoms with E-state index in [2.05, 4.69) is 36.6 Å². The first-order chi connectivity index (χ1) is 9.20. The Bertz CT molecular complexity index is 779. The highest BCUT2D eigenvalue weighted by Crippen LogP contribution is 2.36. The summed E-state index contributed by atoms with van der Waals surface area (Å²) in [6, 6.07) is 2.98. The lowest BCUT2D eigenvalue weighted by Gasteiger charge is -2.04. The van der Waals surface area contributed by atoms with Crippen molar-refractivity contribution in [2.24, 2.45) is 0 Å². The van der Waals surface area contributed by atoms with Crippen LogP contribution in [-0.4, -0.2) is 19.5 Å². The molecule has 0 radical (unpaired) electrons. The second kappa shape index (κ2) is 5.76. The largest absolute Gasteiger partial charge is 0.477 e. The number of rotatable bonds is 4. The molecule has 0 saturated carbocycles. The van der Waals surface area contributed by atoms with Crippen LogP contribution < -0.4 is 4.72 Å². The molecule has 20 heavy (non-hydrogen) atoms. The van der Waals surface area contributed by atoms with Gasteiger partial charge in [0, 0.05) is 0 Å². The van der Waals surface area contributed by atoms with Crippen molar-refractivity contribution < 1.29 is 18.3 Å². The molecule has 0 aliphatic heterocycles. The highest BCUT2D eigenvalue weighted by molar-refractivity contribution is 9.12. The summed E-state index contributed by atoms with van der Waals surface area (Å²) >= 11 is 8.54. The van der Waals surface area contributed by atoms with Crippen molar-refractivity contribution in [3.05, 3.63) is 30.1 Å². The molecular weight excluding hydrogens is 454 g/mol. The fraction of sp³-hybridized carbons (Fsp3) is 0.100. The molecule has 0 unspecified atom stereocenters. The molecule has 0 bridgehead atoms. The lowest BCUT2D eigenvalue weighted by Crippen LogP contribution is -2.11. The molecule has 2 heterocycles. The van der Waals surface area contributed by atoms with Gasteiger partial charge in [0.1, 0.15) is 14.8 Å². The zero-order valence-electron chi connectivity index (χ0n) is 9.81. The van der Waals surface area contributed by atoms with Crippen LogP contribution in [0.15, 0.2) is 24.6 Å². The van der Waals surface area contributed by atoms with Crippen LogP contribution in [0.5, 0.6) is 0 Å². The van der Waals surface area contributed by atoms with Crippen LogP contribution in [0.1, 0.15) is 15.2 Å². The van der Waals surface area contributed by atoms with E-state index in [4.69, 9.17) is 5.11 Å². The average Bonchev–Trinajstić information content (AvgIpc) is 2.81. The highest BCUT2D eigenvalue weighted by atomic mass is 79.9. The predicted molar refractivity (Wildman–Crippen MR) is 86.5 cm³/mol. The van der Waals surface area contributed by atoms with E-state index in [1.54, 1.807) is 6.92 Å². The number of hydrogen-bond donors (Lipinski definition) is 2. The number of halogens is 2. The fourth-order valence-electron chi connectivity index (χ4n) is 1.44. The first-order valence-electron chi connectivity index (χ1n) is 5.02. The summed E-state index contributed by atoms with van der Waals surface area (Å²) in [5.41, 5.74) is 0.519. The zero-order chi connectivity index (χ0) is 15.1. The number of anilines is 1. The SMILES string of the molecule is Cc1cc(NS(=O)(=O)c2cc(Br)sc2Br)sc1C(=O)O. The molecule has 2 aromatic heterocycles. The van der Waals surface area contributed by atoms with Crippen molar-refractivity contribution in [1.29, 1.82) is 0 Å². The van der Waals surface area contributed by atoms with Gasteiger partial charge >= 0.3 is 5.97 Å². The predicted octanol–water partition coefficient (Wildman–Crippen LogP) is 4.14. The second-order valence-electron chi connectivity index (χ2n) is 3.72. The van der Waals surface area contributed by atoms with E-state index in [9.17, 15) is 13.2 Å². The van der Waals surface area contributed by atoms with E-state index in [0.29, 0.717) is 13.1 Å². The van der Waals surface area contributed by atoms with Gasteiger partial charge in [-0.25, -0.2) is 13.2 Å². The Labute approximate surface area is 140 Å². The molecule has 0 aliphatic rings. The summed E-state index contributed by atoms with van der Waals surface area (Å²) in [4.78, 5) is 11.2. The summed E-state index contributed by atoms with van der Waals surface area (Å²) in [5, 5.41) is 9.24. The zero-order valence-corrected chi connectivity index (χ0v) is 15.4. The maximum Gasteiger partial charge on any atom is 0.346 e. The van der Waals surface area contributed by atoms with Gasteiger partial charge < -0.3 is 5.11 Å². The van der Waals surface area contributed by atoms with Crippen LogP contribution in [0.25, 0.3) is 0 Å². The maximum atomic E-state index is 12.2. The van der Waals surface area contributed by atoms with Crippen molar-refractivity contribution >= 4 is 75.5 Å². The standard InChI is InChI=1S/C10H7Br2NO4S3/c1-4-2-7(19-8(4)10(14)15)13-20(16,17)5-3-6(11)18-9(5)12/h2-3,13H,1H3,(H,14,15). The first-order valence-corrected chi connectivity index (χ1v) is 9.72. The van der Waals surface area contributed by atoms with Crippen LogP contribution in [0.3, 0.4) is 0 Å². The molecule has 2 rings (SSSR count). The van der Waals surface area contributed by atoms with E-state index in [0.717, 1.165) is 11.3 Å². The lowest BCUT2D eigenvalue weighted by atomic mass is 10.3. The molecule has 0 atom stereocenters. The smallest absolute Gasteiger partial charge is 0.346 e. The third-order valence-electron chi connectivity index (χ3n) is 2.26. The normalized spacial score (nSPS) is 11.6. The lowest BCUT2D eigenvalue weighted by molar-refractivity contribution is 0.0701. The van der Waals surface area contributed by atoms with Gasteiger partial charge in [0.15, 0.2) is 0 Å². The minimum Gasteiger partial charge on any atom is -0.477 e. The molecule has 2 N–H and O–H groups in total. The third-order valence-corrected chi connectivity index (χ3v) is 7.65. The number of hydrogen-bond acceptors (Lipinski definition) is 5. The quantitative estimate of drug-likeness (QED) is 0.717. The van der Waals surface area contributed by atoms with Gasteiger partial charge in [-0.05, 0) is 56.5 Å². The number of carboxylic acid groups (broad SMARTS) is 1. The average molecular weight is 461 g/mol. The Kier molecular flexibility index (Phi) is 4.59. The van der Waals surface area contributed by atoms with E-state index in [1.807, 2.05) is 0 Å². The first kappa shape index (κ1) is 16.0. The molecule has 2 aromatic rings. The van der Waals surface area contributed by atoms with Gasteiger partial charge in [-0.2, -0.15) is 0 Å². The molecule has 0 aliphatic carbocycles. The van der Waals surface area contributed by atoms with Crippen molar-refractivity contribution in [1.82, 2.24) is 0 Å². The Morgan fingerprint density at radius 2 is 1.95 bits per heavy atom. The summed E-state index contributed by atoms with van der Waals surface area (Å²) < 4.78 is 28.0. The number of thiophene rings is 2. The molecule has 0 spiro atoms. The van der Waals surface area contributed by atoms with Crippen molar-refractivity contribution in [3.8, 4) is 0 Å². The summed E-state index contributed by atoms with van der Waals surface area (Å²) in [6.45, 7) is 1.62. The van der Waals surface area contributed by atoms with E-state index < -0.39 is 16.0 Å². The number of aromatic carboxylic acids is 1. The number of sulfonamides is 1. The fourth-order valence-corrected chi connectivity index (χ4v) is 7.45. The number of carbonyl (C=O) groups is 1. The van der Waals surface area contributed by atoms with E-state index in [1.165, 1.54) is 23.5 Å². The monoisotopic (exact) mass is 459 g/mol. The minimum atomic E-state index is -3.75. The topological polar surface area (TPSA) is 83.5 Å². The van der Waals surface area contributed by atoms with Gasteiger partial charge in [0.2, 0.25) is 0 Å². The van der Waals surface area contributed by atoms with Crippen LogP contribution in [0, 0.1) is 6.92 Å². The number of aryl methyl sites for hydroxylation is 1. The van der Waals surface area contributed by atoms with Gasteiger partial charge in [0.25, 0.3) is 10.0 Å². The molecule has 0 aromatic carbocycles. The second-order valence-corrected chi connectivity index (χ2v) is 10.2. The number of carboxylic acids is 1. The van der Waals surface area contributed by atoms with Crippen LogP contribution in [0.2, 0.25) is 0 Å². The van der Waals surface area contributed by atoms with Crippen molar-refractivity contribution in [2.75, 3.05) is 4.72 Å². The van der Waals surface area contributed by atoms with Crippen molar-refractivity contribution in [2.45, 2.75) is 11.8 Å².